The van der Waals surface area contributed by atoms with Crippen LogP contribution < -0.4 is 14.8 Å². The zero-order chi connectivity index (χ0) is 20.1. The second kappa shape index (κ2) is 8.65. The van der Waals surface area contributed by atoms with Crippen molar-refractivity contribution in [3.05, 3.63) is 54.1 Å². The van der Waals surface area contributed by atoms with Gasteiger partial charge < -0.3 is 10.1 Å². The number of nitrogens with one attached hydrogen (secondary N) is 2. The smallest absolute Gasteiger partial charge is 0.261 e. The summed E-state index contributed by atoms with van der Waals surface area (Å²) in [6.45, 7) is 2.14. The summed E-state index contributed by atoms with van der Waals surface area (Å²) in [7, 11) is -2.26. The zero-order valence-corrected chi connectivity index (χ0v) is 17.0. The van der Waals surface area contributed by atoms with Crippen molar-refractivity contribution in [2.24, 2.45) is 5.92 Å². The van der Waals surface area contributed by atoms with Gasteiger partial charge in [0.25, 0.3) is 15.9 Å². The number of carbonyl (C=O) groups is 1. The van der Waals surface area contributed by atoms with Crippen molar-refractivity contribution in [3.63, 3.8) is 0 Å². The second-order valence-corrected chi connectivity index (χ2v) is 8.89. The van der Waals surface area contributed by atoms with Crippen LogP contribution in [0.1, 0.15) is 43.0 Å². The average Bonchev–Trinajstić information content (AvgIpc) is 2.70. The number of rotatable bonds is 6. The van der Waals surface area contributed by atoms with Gasteiger partial charge in [0, 0.05) is 17.3 Å². The highest BCUT2D eigenvalue weighted by atomic mass is 32.2. The van der Waals surface area contributed by atoms with E-state index in [0.29, 0.717) is 22.9 Å². The van der Waals surface area contributed by atoms with E-state index in [0.717, 1.165) is 19.3 Å². The highest BCUT2D eigenvalue weighted by Gasteiger charge is 2.24. The highest BCUT2D eigenvalue weighted by Crippen LogP contribution is 2.24. The van der Waals surface area contributed by atoms with E-state index in [4.69, 9.17) is 4.74 Å². The summed E-state index contributed by atoms with van der Waals surface area (Å²) in [6.07, 6.45) is 4.36. The Kier molecular flexibility index (Phi) is 6.24. The molecule has 0 bridgehead atoms. The van der Waals surface area contributed by atoms with Crippen molar-refractivity contribution in [1.29, 1.82) is 0 Å². The van der Waals surface area contributed by atoms with Gasteiger partial charge in [-0.1, -0.05) is 25.8 Å². The fraction of sp³-hybridized carbons (Fsp3) is 0.381. The summed E-state index contributed by atoms with van der Waals surface area (Å²) in [5, 5.41) is 3.06. The Labute approximate surface area is 166 Å². The molecule has 1 saturated carbocycles. The molecule has 2 N–H and O–H groups in total. The zero-order valence-electron chi connectivity index (χ0n) is 16.1. The van der Waals surface area contributed by atoms with E-state index in [-0.39, 0.29) is 16.8 Å². The van der Waals surface area contributed by atoms with Gasteiger partial charge in [-0.25, -0.2) is 8.42 Å². The van der Waals surface area contributed by atoms with Crippen LogP contribution in [0.15, 0.2) is 53.4 Å². The third kappa shape index (κ3) is 4.84. The lowest BCUT2D eigenvalue weighted by Crippen LogP contribution is -2.41. The predicted octanol–water partition coefficient (Wildman–Crippen LogP) is 3.80. The molecule has 28 heavy (non-hydrogen) atoms. The third-order valence-corrected chi connectivity index (χ3v) is 6.56. The van der Waals surface area contributed by atoms with E-state index >= 15 is 0 Å². The van der Waals surface area contributed by atoms with Crippen molar-refractivity contribution in [3.8, 4) is 5.75 Å². The molecule has 0 spiro atoms. The van der Waals surface area contributed by atoms with Gasteiger partial charge in [0.2, 0.25) is 0 Å². The maximum Gasteiger partial charge on any atom is 0.261 e. The highest BCUT2D eigenvalue weighted by molar-refractivity contribution is 7.92. The number of methoxy groups -OCH3 is 1. The van der Waals surface area contributed by atoms with Crippen molar-refractivity contribution < 1.29 is 17.9 Å². The summed E-state index contributed by atoms with van der Waals surface area (Å²) >= 11 is 0. The molecule has 0 saturated heterocycles. The third-order valence-electron chi connectivity index (χ3n) is 5.18. The lowest BCUT2D eigenvalue weighted by atomic mass is 9.86. The van der Waals surface area contributed by atoms with Crippen LogP contribution >= 0.6 is 0 Å². The van der Waals surface area contributed by atoms with Crippen molar-refractivity contribution >= 4 is 21.6 Å². The number of carbonyl (C=O) groups excluding carboxylic acids is 1. The van der Waals surface area contributed by atoms with E-state index in [9.17, 15) is 13.2 Å². The van der Waals surface area contributed by atoms with Crippen molar-refractivity contribution in [1.82, 2.24) is 5.32 Å². The summed E-state index contributed by atoms with van der Waals surface area (Å²) in [5.74, 6) is 0.833. The van der Waals surface area contributed by atoms with Crippen LogP contribution in [0.4, 0.5) is 5.69 Å². The second-order valence-electron chi connectivity index (χ2n) is 7.20. The molecule has 0 radical (unpaired) electrons. The van der Waals surface area contributed by atoms with E-state index in [1.54, 1.807) is 43.5 Å². The Morgan fingerprint density at radius 1 is 1.07 bits per heavy atom. The SMILES string of the molecule is COc1ccc(NS(=O)(=O)c2cccc(C(=O)N[C@H]3CCCC[C@@H]3C)c2)cc1. The molecule has 1 aliphatic carbocycles. The molecule has 1 fully saturated rings. The van der Waals surface area contributed by atoms with Crippen LogP contribution in [0.3, 0.4) is 0 Å². The lowest BCUT2D eigenvalue weighted by molar-refractivity contribution is 0.0910. The number of hydrogen-bond acceptors (Lipinski definition) is 4. The van der Waals surface area contributed by atoms with Crippen LogP contribution in [0.2, 0.25) is 0 Å². The number of sulfonamides is 1. The summed E-state index contributed by atoms with van der Waals surface area (Å²) in [4.78, 5) is 12.7. The fourth-order valence-electron chi connectivity index (χ4n) is 3.46. The van der Waals surface area contributed by atoms with E-state index < -0.39 is 10.0 Å². The summed E-state index contributed by atoms with van der Waals surface area (Å²) in [5.41, 5.74) is 0.766. The molecular formula is C21H26N2O4S. The molecule has 2 aromatic carbocycles. The number of amides is 1. The van der Waals surface area contributed by atoms with Crippen LogP contribution in [-0.4, -0.2) is 27.5 Å². The largest absolute Gasteiger partial charge is 0.497 e. The average molecular weight is 403 g/mol. The van der Waals surface area contributed by atoms with Gasteiger partial charge >= 0.3 is 0 Å². The minimum Gasteiger partial charge on any atom is -0.497 e. The molecule has 1 amide bonds. The Hall–Kier alpha value is -2.54. The van der Waals surface area contributed by atoms with Gasteiger partial charge in [-0.05, 0) is 61.2 Å². The molecule has 6 nitrogen and oxygen atoms in total. The van der Waals surface area contributed by atoms with Crippen LogP contribution in [0, 0.1) is 5.92 Å². The first-order valence-electron chi connectivity index (χ1n) is 9.47. The molecule has 2 atom stereocenters. The molecule has 0 unspecified atom stereocenters. The Balaban J connectivity index is 1.74. The topological polar surface area (TPSA) is 84.5 Å². The molecule has 1 aliphatic rings. The number of benzene rings is 2. The van der Waals surface area contributed by atoms with Crippen molar-refractivity contribution in [2.75, 3.05) is 11.8 Å². The molecule has 7 heteroatoms. The Morgan fingerprint density at radius 2 is 1.79 bits per heavy atom. The maximum absolute atomic E-state index is 12.7. The molecule has 0 aliphatic heterocycles. The Bertz CT molecular complexity index is 926. The van der Waals surface area contributed by atoms with E-state index in [1.807, 2.05) is 0 Å². The van der Waals surface area contributed by atoms with Gasteiger partial charge in [0.1, 0.15) is 5.75 Å². The Morgan fingerprint density at radius 3 is 2.46 bits per heavy atom. The van der Waals surface area contributed by atoms with E-state index in [2.05, 4.69) is 17.0 Å². The first-order chi connectivity index (χ1) is 13.4. The van der Waals surface area contributed by atoms with Gasteiger partial charge in [-0.3, -0.25) is 9.52 Å². The molecule has 0 heterocycles. The normalized spacial score (nSPS) is 19.6. The molecule has 3 rings (SSSR count). The number of anilines is 1. The van der Waals surface area contributed by atoms with Gasteiger partial charge in [0.05, 0.1) is 12.0 Å². The number of hydrogen-bond donors (Lipinski definition) is 2. The minimum atomic E-state index is -3.80. The summed E-state index contributed by atoms with van der Waals surface area (Å²) < 4.78 is 33.0. The van der Waals surface area contributed by atoms with Crippen LogP contribution in [0.25, 0.3) is 0 Å². The minimum absolute atomic E-state index is 0.0488. The first kappa shape index (κ1) is 20.2. The molecule has 2 aromatic rings. The first-order valence-corrected chi connectivity index (χ1v) is 10.9. The van der Waals surface area contributed by atoms with Crippen LogP contribution in [0.5, 0.6) is 5.75 Å². The standard InChI is InChI=1S/C21H26N2O4S/c1-15-6-3-4-9-20(15)22-21(24)16-7-5-8-19(14-16)28(25,26)23-17-10-12-18(27-2)13-11-17/h5,7-8,10-15,20,23H,3-4,6,9H2,1-2H3,(H,22,24)/t15-,20-/m0/s1. The van der Waals surface area contributed by atoms with Gasteiger partial charge in [0.15, 0.2) is 0 Å². The lowest BCUT2D eigenvalue weighted by Gasteiger charge is -2.29. The maximum atomic E-state index is 12.7. The monoisotopic (exact) mass is 402 g/mol. The fourth-order valence-corrected chi connectivity index (χ4v) is 4.56. The van der Waals surface area contributed by atoms with Crippen LogP contribution in [-0.2, 0) is 10.0 Å². The van der Waals surface area contributed by atoms with E-state index in [1.165, 1.54) is 18.6 Å². The molecule has 150 valence electrons. The van der Waals surface area contributed by atoms with Gasteiger partial charge in [-0.15, -0.1) is 0 Å². The summed E-state index contributed by atoms with van der Waals surface area (Å²) in [6, 6.07) is 12.8. The van der Waals surface area contributed by atoms with Crippen molar-refractivity contribution in [2.45, 2.75) is 43.5 Å². The quantitative estimate of drug-likeness (QED) is 0.770. The molecular weight excluding hydrogens is 376 g/mol. The number of ether oxygens (including phenoxy) is 1. The predicted molar refractivity (Wildman–Crippen MR) is 109 cm³/mol. The molecule has 0 aromatic heterocycles. The van der Waals surface area contributed by atoms with Gasteiger partial charge in [-0.2, -0.15) is 0 Å².